The van der Waals surface area contributed by atoms with Crippen molar-refractivity contribution in [1.82, 2.24) is 0 Å². The van der Waals surface area contributed by atoms with Crippen LogP contribution in [0.4, 0.5) is 0 Å². The zero-order chi connectivity index (χ0) is 11.8. The third-order valence-corrected chi connectivity index (χ3v) is 3.29. The smallest absolute Gasteiger partial charge is 0.119 e. The molecule has 16 heavy (non-hydrogen) atoms. The highest BCUT2D eigenvalue weighted by Gasteiger charge is 2.36. The molecule has 2 heteroatoms. The Kier molecular flexibility index (Phi) is 2.60. The minimum atomic E-state index is -0.592. The molecule has 0 fully saturated rings. The minimum Gasteiger partial charge on any atom is -0.508 e. The highest BCUT2D eigenvalue weighted by molar-refractivity contribution is 5.46. The number of phenols is 1. The van der Waals surface area contributed by atoms with Gasteiger partial charge in [-0.2, -0.15) is 0 Å². The van der Waals surface area contributed by atoms with Crippen LogP contribution in [-0.4, -0.2) is 16.3 Å². The lowest BCUT2D eigenvalue weighted by Gasteiger charge is -2.35. The number of benzene rings is 1. The van der Waals surface area contributed by atoms with E-state index in [4.69, 9.17) is 0 Å². The standard InChI is InChI=1S/C14H16O2/c1-10-6-5-9-14(2,13(10)16)11-7-3-4-8-12(11)15/h3-9,13,15-16H,1-2H3. The van der Waals surface area contributed by atoms with Gasteiger partial charge in [-0.15, -0.1) is 0 Å². The molecule has 1 aromatic rings. The normalized spacial score (nSPS) is 28.9. The Hall–Kier alpha value is -1.54. The van der Waals surface area contributed by atoms with Crippen molar-refractivity contribution < 1.29 is 10.2 Å². The van der Waals surface area contributed by atoms with Gasteiger partial charge in [0, 0.05) is 11.0 Å². The molecule has 2 N–H and O–H groups in total. The molecule has 2 rings (SSSR count). The third kappa shape index (κ3) is 1.55. The van der Waals surface area contributed by atoms with E-state index in [9.17, 15) is 10.2 Å². The van der Waals surface area contributed by atoms with Gasteiger partial charge in [-0.1, -0.05) is 36.4 Å². The number of hydrogen-bond acceptors (Lipinski definition) is 2. The number of aromatic hydroxyl groups is 1. The number of aliphatic hydroxyl groups is 1. The molecule has 1 aliphatic rings. The Morgan fingerprint density at radius 2 is 1.94 bits per heavy atom. The molecule has 2 nitrogen and oxygen atoms in total. The van der Waals surface area contributed by atoms with E-state index in [1.165, 1.54) is 0 Å². The predicted molar refractivity (Wildman–Crippen MR) is 64.4 cm³/mol. The SMILES string of the molecule is CC1=CC=CC(C)(c2ccccc2O)C1O. The van der Waals surface area contributed by atoms with Crippen LogP contribution in [0.15, 0.2) is 48.1 Å². The lowest BCUT2D eigenvalue weighted by Crippen LogP contribution is -2.37. The van der Waals surface area contributed by atoms with Crippen LogP contribution in [0.2, 0.25) is 0 Å². The van der Waals surface area contributed by atoms with Crippen molar-refractivity contribution in [2.75, 3.05) is 0 Å². The van der Waals surface area contributed by atoms with Crippen LogP contribution >= 0.6 is 0 Å². The minimum absolute atomic E-state index is 0.225. The quantitative estimate of drug-likeness (QED) is 0.757. The lowest BCUT2D eigenvalue weighted by atomic mass is 9.72. The van der Waals surface area contributed by atoms with Crippen LogP contribution in [0.3, 0.4) is 0 Å². The number of allylic oxidation sites excluding steroid dienone is 2. The summed E-state index contributed by atoms with van der Waals surface area (Å²) < 4.78 is 0. The molecule has 1 aliphatic carbocycles. The van der Waals surface area contributed by atoms with Crippen LogP contribution in [0.25, 0.3) is 0 Å². The summed E-state index contributed by atoms with van der Waals surface area (Å²) in [6, 6.07) is 7.15. The first-order valence-corrected chi connectivity index (χ1v) is 5.38. The number of hydrogen-bond donors (Lipinski definition) is 2. The fourth-order valence-corrected chi connectivity index (χ4v) is 2.22. The van der Waals surface area contributed by atoms with Gasteiger partial charge in [-0.05, 0) is 25.5 Å². The van der Waals surface area contributed by atoms with E-state index in [1.807, 2.05) is 44.2 Å². The summed E-state index contributed by atoms with van der Waals surface area (Å²) in [7, 11) is 0. The third-order valence-electron chi connectivity index (χ3n) is 3.29. The molecule has 1 aromatic carbocycles. The van der Waals surface area contributed by atoms with Crippen molar-refractivity contribution in [2.24, 2.45) is 0 Å². The van der Waals surface area contributed by atoms with Crippen molar-refractivity contribution in [3.8, 4) is 5.75 Å². The van der Waals surface area contributed by atoms with Crippen molar-refractivity contribution in [2.45, 2.75) is 25.4 Å². The Morgan fingerprint density at radius 3 is 2.62 bits per heavy atom. The van der Waals surface area contributed by atoms with Crippen molar-refractivity contribution in [3.05, 3.63) is 53.6 Å². The molecular weight excluding hydrogens is 200 g/mol. The topological polar surface area (TPSA) is 40.5 Å². The fourth-order valence-electron chi connectivity index (χ4n) is 2.22. The van der Waals surface area contributed by atoms with E-state index >= 15 is 0 Å². The van der Waals surface area contributed by atoms with Gasteiger partial charge in [0.1, 0.15) is 5.75 Å². The molecular formula is C14H16O2. The zero-order valence-electron chi connectivity index (χ0n) is 9.51. The summed E-state index contributed by atoms with van der Waals surface area (Å²) in [4.78, 5) is 0. The second-order valence-corrected chi connectivity index (χ2v) is 4.47. The van der Waals surface area contributed by atoms with Crippen LogP contribution < -0.4 is 0 Å². The summed E-state index contributed by atoms with van der Waals surface area (Å²) in [6.45, 7) is 3.83. The predicted octanol–water partition coefficient (Wildman–Crippen LogP) is 2.53. The van der Waals surface area contributed by atoms with Gasteiger partial charge in [0.2, 0.25) is 0 Å². The Bertz CT molecular complexity index is 460. The Balaban J connectivity index is 2.52. The molecule has 0 saturated carbocycles. The van der Waals surface area contributed by atoms with Gasteiger partial charge in [0.15, 0.2) is 0 Å². The van der Waals surface area contributed by atoms with Crippen LogP contribution in [0.5, 0.6) is 5.75 Å². The molecule has 84 valence electrons. The van der Waals surface area contributed by atoms with Gasteiger partial charge < -0.3 is 10.2 Å². The first-order chi connectivity index (χ1) is 7.55. The first-order valence-electron chi connectivity index (χ1n) is 5.38. The van der Waals surface area contributed by atoms with Crippen molar-refractivity contribution in [1.29, 1.82) is 0 Å². The zero-order valence-corrected chi connectivity index (χ0v) is 9.51. The maximum atomic E-state index is 10.2. The molecule has 0 radical (unpaired) electrons. The molecule has 2 unspecified atom stereocenters. The Labute approximate surface area is 95.6 Å². The van der Waals surface area contributed by atoms with E-state index in [2.05, 4.69) is 0 Å². The average molecular weight is 216 g/mol. The average Bonchev–Trinajstić information content (AvgIpc) is 2.26. The molecule has 0 amide bonds. The largest absolute Gasteiger partial charge is 0.508 e. The van der Waals surface area contributed by atoms with E-state index in [1.54, 1.807) is 12.1 Å². The maximum Gasteiger partial charge on any atom is 0.119 e. The van der Waals surface area contributed by atoms with Gasteiger partial charge >= 0.3 is 0 Å². The second kappa shape index (κ2) is 3.80. The number of aliphatic hydroxyl groups excluding tert-OH is 1. The fraction of sp³-hybridized carbons (Fsp3) is 0.286. The maximum absolute atomic E-state index is 10.2. The van der Waals surface area contributed by atoms with E-state index in [-0.39, 0.29) is 5.75 Å². The summed E-state index contributed by atoms with van der Waals surface area (Å²) in [5.74, 6) is 0.225. The highest BCUT2D eigenvalue weighted by atomic mass is 16.3. The van der Waals surface area contributed by atoms with Gasteiger partial charge in [-0.25, -0.2) is 0 Å². The van der Waals surface area contributed by atoms with E-state index in [0.717, 1.165) is 11.1 Å². The van der Waals surface area contributed by atoms with E-state index in [0.29, 0.717) is 0 Å². The van der Waals surface area contributed by atoms with Crippen LogP contribution in [-0.2, 0) is 5.41 Å². The molecule has 0 aromatic heterocycles. The highest BCUT2D eigenvalue weighted by Crippen LogP contribution is 2.39. The molecule has 0 heterocycles. The first kappa shape index (κ1) is 11.0. The number of phenolic OH excluding ortho intramolecular Hbond substituents is 1. The molecule has 0 saturated heterocycles. The van der Waals surface area contributed by atoms with Gasteiger partial charge in [0.05, 0.1) is 6.10 Å². The lowest BCUT2D eigenvalue weighted by molar-refractivity contribution is 0.145. The van der Waals surface area contributed by atoms with Crippen LogP contribution in [0.1, 0.15) is 19.4 Å². The number of rotatable bonds is 1. The summed E-state index contributed by atoms with van der Waals surface area (Å²) in [6.07, 6.45) is 5.16. The monoisotopic (exact) mass is 216 g/mol. The van der Waals surface area contributed by atoms with Crippen molar-refractivity contribution in [3.63, 3.8) is 0 Å². The summed E-state index contributed by atoms with van der Waals surface area (Å²) in [5, 5.41) is 20.1. The molecule has 0 aliphatic heterocycles. The van der Waals surface area contributed by atoms with E-state index < -0.39 is 11.5 Å². The van der Waals surface area contributed by atoms with Gasteiger partial charge in [0.25, 0.3) is 0 Å². The van der Waals surface area contributed by atoms with Crippen LogP contribution in [0, 0.1) is 0 Å². The van der Waals surface area contributed by atoms with Gasteiger partial charge in [-0.3, -0.25) is 0 Å². The molecule has 0 bridgehead atoms. The summed E-state index contributed by atoms with van der Waals surface area (Å²) >= 11 is 0. The number of para-hydroxylation sites is 1. The Morgan fingerprint density at radius 1 is 1.25 bits per heavy atom. The molecule has 0 spiro atoms. The second-order valence-electron chi connectivity index (χ2n) is 4.47. The molecule has 2 atom stereocenters. The summed E-state index contributed by atoms with van der Waals surface area (Å²) in [5.41, 5.74) is 1.11. The van der Waals surface area contributed by atoms with Crippen molar-refractivity contribution >= 4 is 0 Å².